The molecule has 0 spiro atoms. The van der Waals surface area contributed by atoms with Gasteiger partial charge in [-0.1, -0.05) is 42.0 Å². The molecule has 0 heterocycles. The molecule has 90 valence electrons. The van der Waals surface area contributed by atoms with Crippen molar-refractivity contribution in [2.45, 2.75) is 26.7 Å². The van der Waals surface area contributed by atoms with Crippen molar-refractivity contribution in [3.63, 3.8) is 0 Å². The predicted molar refractivity (Wildman–Crippen MR) is 73.2 cm³/mol. The fraction of sp³-hybridized carbons (Fsp3) is 0.235. The van der Waals surface area contributed by atoms with E-state index in [1.54, 1.807) is 0 Å². The van der Waals surface area contributed by atoms with Gasteiger partial charge in [0.05, 0.1) is 0 Å². The number of hydrogen-bond acceptors (Lipinski definition) is 1. The maximum absolute atomic E-state index is 12.7. The van der Waals surface area contributed by atoms with E-state index in [9.17, 15) is 4.79 Å². The molecule has 2 aromatic carbocycles. The lowest BCUT2D eigenvalue weighted by Crippen LogP contribution is -2.06. The van der Waals surface area contributed by atoms with Crippen LogP contribution in [0.3, 0.4) is 0 Å². The molecule has 1 aliphatic carbocycles. The number of hydrogen-bond donors (Lipinski definition) is 0. The van der Waals surface area contributed by atoms with Gasteiger partial charge in [-0.3, -0.25) is 4.79 Å². The van der Waals surface area contributed by atoms with Gasteiger partial charge in [-0.25, -0.2) is 0 Å². The quantitative estimate of drug-likeness (QED) is 0.682. The first-order valence-corrected chi connectivity index (χ1v) is 6.39. The van der Waals surface area contributed by atoms with Crippen LogP contribution in [0.4, 0.5) is 0 Å². The van der Waals surface area contributed by atoms with Gasteiger partial charge in [-0.05, 0) is 43.4 Å². The van der Waals surface area contributed by atoms with E-state index in [0.29, 0.717) is 0 Å². The van der Waals surface area contributed by atoms with Crippen LogP contribution in [0.1, 0.15) is 38.2 Å². The molecule has 0 fully saturated rings. The van der Waals surface area contributed by atoms with Crippen LogP contribution >= 0.6 is 0 Å². The van der Waals surface area contributed by atoms with Crippen molar-refractivity contribution in [2.75, 3.05) is 0 Å². The number of carbonyl (C=O) groups excluding carboxylic acids is 1. The molecular formula is C17H16O. The van der Waals surface area contributed by atoms with Crippen LogP contribution in [0, 0.1) is 13.8 Å². The Morgan fingerprint density at radius 2 is 1.67 bits per heavy atom. The molecule has 1 aliphatic rings. The minimum absolute atomic E-state index is 0.190. The van der Waals surface area contributed by atoms with E-state index in [-0.39, 0.29) is 5.78 Å². The largest absolute Gasteiger partial charge is 0.289 e. The maximum atomic E-state index is 12.7. The summed E-state index contributed by atoms with van der Waals surface area (Å²) in [5.74, 6) is 0.190. The normalized spacial score (nSPS) is 13.8. The average Bonchev–Trinajstić information content (AvgIpc) is 2.48. The Morgan fingerprint density at radius 3 is 2.50 bits per heavy atom. The molecule has 0 saturated carbocycles. The van der Waals surface area contributed by atoms with Gasteiger partial charge < -0.3 is 0 Å². The molecular weight excluding hydrogens is 220 g/mol. The molecule has 0 amide bonds. The third-order valence-corrected chi connectivity index (χ3v) is 3.71. The van der Waals surface area contributed by atoms with Gasteiger partial charge in [0.15, 0.2) is 5.78 Å². The Morgan fingerprint density at radius 1 is 0.944 bits per heavy atom. The first-order valence-electron chi connectivity index (χ1n) is 6.39. The molecule has 0 N–H and O–H groups in total. The van der Waals surface area contributed by atoms with E-state index in [0.717, 1.165) is 29.5 Å². The third kappa shape index (κ3) is 1.67. The van der Waals surface area contributed by atoms with E-state index in [1.165, 1.54) is 16.7 Å². The molecule has 0 radical (unpaired) electrons. The van der Waals surface area contributed by atoms with Gasteiger partial charge in [0.1, 0.15) is 0 Å². The summed E-state index contributed by atoms with van der Waals surface area (Å²) in [6.07, 6.45) is 1.92. The topological polar surface area (TPSA) is 17.1 Å². The van der Waals surface area contributed by atoms with Crippen LogP contribution in [0.2, 0.25) is 0 Å². The second-order valence-electron chi connectivity index (χ2n) is 5.10. The van der Waals surface area contributed by atoms with Crippen molar-refractivity contribution < 1.29 is 4.79 Å². The first-order chi connectivity index (χ1) is 8.66. The third-order valence-electron chi connectivity index (χ3n) is 3.71. The molecule has 2 aromatic rings. The minimum Gasteiger partial charge on any atom is -0.289 e. The van der Waals surface area contributed by atoms with Gasteiger partial charge >= 0.3 is 0 Å². The molecule has 0 atom stereocenters. The Bertz CT molecular complexity index is 638. The molecule has 0 aliphatic heterocycles. The second kappa shape index (κ2) is 4.09. The summed E-state index contributed by atoms with van der Waals surface area (Å²) in [6.45, 7) is 4.13. The van der Waals surface area contributed by atoms with Crippen molar-refractivity contribution in [2.24, 2.45) is 0 Å². The van der Waals surface area contributed by atoms with Crippen LogP contribution in [-0.4, -0.2) is 5.78 Å². The van der Waals surface area contributed by atoms with Gasteiger partial charge in [0.25, 0.3) is 0 Å². The van der Waals surface area contributed by atoms with Crippen LogP contribution in [0.5, 0.6) is 0 Å². The number of rotatable bonds is 0. The summed E-state index contributed by atoms with van der Waals surface area (Å²) in [4.78, 5) is 12.7. The number of ketones is 1. The number of fused-ring (bicyclic) bond motifs is 2. The highest BCUT2D eigenvalue weighted by molar-refractivity contribution is 6.12. The van der Waals surface area contributed by atoms with Crippen LogP contribution in [0.25, 0.3) is 0 Å². The van der Waals surface area contributed by atoms with Crippen molar-refractivity contribution in [3.05, 3.63) is 69.8 Å². The van der Waals surface area contributed by atoms with Gasteiger partial charge in [0, 0.05) is 11.1 Å². The predicted octanol–water partition coefficient (Wildman–Crippen LogP) is 3.63. The number of benzene rings is 2. The first kappa shape index (κ1) is 11.2. The standard InChI is InChI=1S/C17H16O/c1-11-9-12(2)16-14(10-11)8-7-13-5-3-4-6-15(13)17(16)18/h3-6,9-10H,7-8H2,1-2H3. The smallest absolute Gasteiger partial charge is 0.193 e. The zero-order valence-corrected chi connectivity index (χ0v) is 10.8. The summed E-state index contributed by atoms with van der Waals surface area (Å²) in [5.41, 5.74) is 6.52. The van der Waals surface area contributed by atoms with Crippen molar-refractivity contribution in [3.8, 4) is 0 Å². The van der Waals surface area contributed by atoms with Gasteiger partial charge in [-0.2, -0.15) is 0 Å². The molecule has 3 rings (SSSR count). The summed E-state index contributed by atoms with van der Waals surface area (Å²) in [6, 6.07) is 12.2. The molecule has 0 bridgehead atoms. The number of aryl methyl sites for hydroxylation is 4. The van der Waals surface area contributed by atoms with E-state index in [2.05, 4.69) is 25.1 Å². The molecule has 0 unspecified atom stereocenters. The Hall–Kier alpha value is -1.89. The maximum Gasteiger partial charge on any atom is 0.193 e. The highest BCUT2D eigenvalue weighted by Crippen LogP contribution is 2.27. The van der Waals surface area contributed by atoms with Crippen LogP contribution < -0.4 is 0 Å². The Labute approximate surface area is 107 Å². The zero-order chi connectivity index (χ0) is 12.7. The lowest BCUT2D eigenvalue weighted by molar-refractivity contribution is 0.103. The molecule has 0 aromatic heterocycles. The minimum atomic E-state index is 0.190. The SMILES string of the molecule is Cc1cc(C)c2c(c1)CCc1ccccc1C2=O. The second-order valence-corrected chi connectivity index (χ2v) is 5.10. The van der Waals surface area contributed by atoms with Crippen molar-refractivity contribution in [1.82, 2.24) is 0 Å². The number of carbonyl (C=O) groups is 1. The molecule has 0 saturated heterocycles. The van der Waals surface area contributed by atoms with E-state index in [4.69, 9.17) is 0 Å². The molecule has 1 nitrogen and oxygen atoms in total. The van der Waals surface area contributed by atoms with Gasteiger partial charge in [-0.15, -0.1) is 0 Å². The van der Waals surface area contributed by atoms with Crippen LogP contribution in [0.15, 0.2) is 36.4 Å². The summed E-state index contributed by atoms with van der Waals surface area (Å²) >= 11 is 0. The van der Waals surface area contributed by atoms with Gasteiger partial charge in [0.2, 0.25) is 0 Å². The Balaban J connectivity index is 2.25. The lowest BCUT2D eigenvalue weighted by atomic mass is 9.93. The highest BCUT2D eigenvalue weighted by Gasteiger charge is 2.22. The fourth-order valence-electron chi connectivity index (χ4n) is 2.94. The molecule has 1 heteroatoms. The summed E-state index contributed by atoms with van der Waals surface area (Å²) < 4.78 is 0. The fourth-order valence-corrected chi connectivity index (χ4v) is 2.94. The van der Waals surface area contributed by atoms with Crippen LogP contribution in [-0.2, 0) is 12.8 Å². The molecule has 18 heavy (non-hydrogen) atoms. The monoisotopic (exact) mass is 236 g/mol. The Kier molecular flexibility index (Phi) is 2.55. The van der Waals surface area contributed by atoms with E-state index < -0.39 is 0 Å². The zero-order valence-electron chi connectivity index (χ0n) is 10.8. The van der Waals surface area contributed by atoms with Crippen molar-refractivity contribution in [1.29, 1.82) is 0 Å². The van der Waals surface area contributed by atoms with E-state index in [1.807, 2.05) is 25.1 Å². The van der Waals surface area contributed by atoms with E-state index >= 15 is 0 Å². The van der Waals surface area contributed by atoms with Crippen molar-refractivity contribution >= 4 is 5.78 Å². The lowest BCUT2D eigenvalue weighted by Gasteiger charge is -2.10. The summed E-state index contributed by atoms with van der Waals surface area (Å²) in [7, 11) is 0. The average molecular weight is 236 g/mol. The summed E-state index contributed by atoms with van der Waals surface area (Å²) in [5, 5.41) is 0. The highest BCUT2D eigenvalue weighted by atomic mass is 16.1.